The molecule has 1 aliphatic carbocycles. The Morgan fingerprint density at radius 2 is 2.00 bits per heavy atom. The van der Waals surface area contributed by atoms with E-state index in [1.807, 2.05) is 0 Å². The van der Waals surface area contributed by atoms with Crippen LogP contribution < -0.4 is 10.2 Å². The van der Waals surface area contributed by atoms with Crippen molar-refractivity contribution in [3.05, 3.63) is 47.5 Å². The minimum absolute atomic E-state index is 0.00803. The van der Waals surface area contributed by atoms with E-state index in [4.69, 9.17) is 4.74 Å². The number of anilines is 1. The summed E-state index contributed by atoms with van der Waals surface area (Å²) in [6.45, 7) is 3.51. The fourth-order valence-corrected chi connectivity index (χ4v) is 4.49. The second kappa shape index (κ2) is 8.72. The third-order valence-corrected chi connectivity index (χ3v) is 6.13. The Balaban J connectivity index is 1.74. The molecule has 0 radical (unpaired) electrons. The van der Waals surface area contributed by atoms with Crippen molar-refractivity contribution in [1.29, 1.82) is 0 Å². The quantitative estimate of drug-likeness (QED) is 0.719. The fourth-order valence-electron chi connectivity index (χ4n) is 4.49. The van der Waals surface area contributed by atoms with Gasteiger partial charge in [0.1, 0.15) is 17.1 Å². The van der Waals surface area contributed by atoms with Gasteiger partial charge in [0.25, 0.3) is 5.91 Å². The van der Waals surface area contributed by atoms with Crippen LogP contribution in [0.5, 0.6) is 0 Å². The van der Waals surface area contributed by atoms with E-state index in [-0.39, 0.29) is 42.2 Å². The summed E-state index contributed by atoms with van der Waals surface area (Å²) in [5.41, 5.74) is -0.971. The lowest BCUT2D eigenvalue weighted by Crippen LogP contribution is -2.65. The molecule has 32 heavy (non-hydrogen) atoms. The largest absolute Gasteiger partial charge is 0.461 e. The number of hydrogen-bond acceptors (Lipinski definition) is 5. The number of amides is 2. The van der Waals surface area contributed by atoms with Crippen LogP contribution in [-0.4, -0.2) is 45.8 Å². The SMILES string of the molecule is CCOC(=O)c1cc2n(n1)CC(C)(C(=O)NC1CCCCC1)N(c1cccc(F)c1)C2=O. The first kappa shape index (κ1) is 22.0. The average Bonchev–Trinajstić information content (AvgIpc) is 3.19. The molecule has 170 valence electrons. The summed E-state index contributed by atoms with van der Waals surface area (Å²) in [6.07, 6.45) is 5.00. The predicted octanol–water partition coefficient (Wildman–Crippen LogP) is 3.07. The fraction of sp³-hybridized carbons (Fsp3) is 0.478. The highest BCUT2D eigenvalue weighted by Crippen LogP contribution is 2.33. The zero-order chi connectivity index (χ0) is 22.9. The highest BCUT2D eigenvalue weighted by Gasteiger charge is 2.49. The number of esters is 1. The molecule has 0 bridgehead atoms. The molecular formula is C23H27FN4O4. The van der Waals surface area contributed by atoms with Crippen molar-refractivity contribution in [2.45, 2.75) is 64.1 Å². The molecule has 0 spiro atoms. The van der Waals surface area contributed by atoms with E-state index in [2.05, 4.69) is 10.4 Å². The van der Waals surface area contributed by atoms with Gasteiger partial charge in [-0.2, -0.15) is 5.10 Å². The number of nitrogens with one attached hydrogen (secondary N) is 1. The normalized spacial score (nSPS) is 21.2. The number of carbonyl (C=O) groups is 3. The lowest BCUT2D eigenvalue weighted by Gasteiger charge is -2.44. The Bertz CT molecular complexity index is 1050. The van der Waals surface area contributed by atoms with Gasteiger partial charge in [0, 0.05) is 17.8 Å². The monoisotopic (exact) mass is 442 g/mol. The molecule has 1 aromatic carbocycles. The van der Waals surface area contributed by atoms with Gasteiger partial charge in [-0.15, -0.1) is 0 Å². The molecule has 1 atom stereocenters. The average molecular weight is 442 g/mol. The van der Waals surface area contributed by atoms with E-state index in [0.29, 0.717) is 0 Å². The van der Waals surface area contributed by atoms with E-state index >= 15 is 0 Å². The molecule has 2 aromatic rings. The van der Waals surface area contributed by atoms with Gasteiger partial charge in [0.15, 0.2) is 5.69 Å². The summed E-state index contributed by atoms with van der Waals surface area (Å²) in [6, 6.07) is 6.97. The maximum Gasteiger partial charge on any atom is 0.358 e. The number of hydrogen-bond donors (Lipinski definition) is 1. The lowest BCUT2D eigenvalue weighted by atomic mass is 9.91. The van der Waals surface area contributed by atoms with Crippen LogP contribution in [0.4, 0.5) is 10.1 Å². The Morgan fingerprint density at radius 3 is 2.69 bits per heavy atom. The standard InChI is InChI=1S/C23H27FN4O4/c1-3-32-21(30)18-13-19-20(29)28(17-11-7-8-15(24)12-17)23(2,14-27(19)26-18)22(31)25-16-9-5-4-6-10-16/h7-8,11-13,16H,3-6,9-10,14H2,1-2H3,(H,25,31). The maximum atomic E-state index is 14.0. The second-order valence-corrected chi connectivity index (χ2v) is 8.50. The van der Waals surface area contributed by atoms with Gasteiger partial charge in [0.05, 0.1) is 13.2 Å². The van der Waals surface area contributed by atoms with Gasteiger partial charge in [-0.05, 0) is 44.9 Å². The van der Waals surface area contributed by atoms with Crippen LogP contribution in [0.1, 0.15) is 66.9 Å². The van der Waals surface area contributed by atoms with Crippen molar-refractivity contribution in [1.82, 2.24) is 15.1 Å². The number of aromatic nitrogens is 2. The van der Waals surface area contributed by atoms with E-state index in [0.717, 1.165) is 32.1 Å². The Labute approximate surface area is 185 Å². The van der Waals surface area contributed by atoms with Crippen LogP contribution in [0, 0.1) is 5.82 Å². The van der Waals surface area contributed by atoms with Gasteiger partial charge >= 0.3 is 5.97 Å². The van der Waals surface area contributed by atoms with Crippen molar-refractivity contribution in [3.63, 3.8) is 0 Å². The van der Waals surface area contributed by atoms with Crippen molar-refractivity contribution >= 4 is 23.5 Å². The Kier molecular flexibility index (Phi) is 5.99. The van der Waals surface area contributed by atoms with E-state index in [1.54, 1.807) is 19.9 Å². The Morgan fingerprint density at radius 1 is 1.25 bits per heavy atom. The molecule has 1 aliphatic heterocycles. The van der Waals surface area contributed by atoms with E-state index < -0.39 is 23.2 Å². The summed E-state index contributed by atoms with van der Waals surface area (Å²) in [5.74, 6) is -2.03. The molecule has 0 saturated heterocycles. The second-order valence-electron chi connectivity index (χ2n) is 8.50. The Hall–Kier alpha value is -3.23. The van der Waals surface area contributed by atoms with Crippen LogP contribution in [0.3, 0.4) is 0 Å². The van der Waals surface area contributed by atoms with Crippen molar-refractivity contribution in [2.75, 3.05) is 11.5 Å². The summed E-state index contributed by atoms with van der Waals surface area (Å²) < 4.78 is 20.4. The van der Waals surface area contributed by atoms with Crippen molar-refractivity contribution in [2.24, 2.45) is 0 Å². The topological polar surface area (TPSA) is 93.5 Å². The van der Waals surface area contributed by atoms with Gasteiger partial charge in [-0.3, -0.25) is 19.2 Å². The highest BCUT2D eigenvalue weighted by molar-refractivity contribution is 6.12. The smallest absolute Gasteiger partial charge is 0.358 e. The van der Waals surface area contributed by atoms with Crippen LogP contribution in [0.2, 0.25) is 0 Å². The summed E-state index contributed by atoms with van der Waals surface area (Å²) >= 11 is 0. The van der Waals surface area contributed by atoms with Crippen molar-refractivity contribution < 1.29 is 23.5 Å². The molecule has 2 heterocycles. The third kappa shape index (κ3) is 3.99. The van der Waals surface area contributed by atoms with Crippen LogP contribution in [0.25, 0.3) is 0 Å². The molecule has 1 fully saturated rings. The first-order chi connectivity index (χ1) is 15.3. The number of rotatable bonds is 5. The van der Waals surface area contributed by atoms with Crippen molar-refractivity contribution in [3.8, 4) is 0 Å². The molecule has 1 N–H and O–H groups in total. The molecule has 4 rings (SSSR count). The van der Waals surface area contributed by atoms with E-state index in [1.165, 1.54) is 33.8 Å². The molecule has 8 nitrogen and oxygen atoms in total. The molecule has 1 aromatic heterocycles. The molecule has 1 saturated carbocycles. The van der Waals surface area contributed by atoms with Gasteiger partial charge < -0.3 is 10.1 Å². The number of fused-ring (bicyclic) bond motifs is 1. The molecular weight excluding hydrogens is 415 g/mol. The van der Waals surface area contributed by atoms with Crippen LogP contribution in [-0.2, 0) is 16.1 Å². The molecule has 1 unspecified atom stereocenters. The highest BCUT2D eigenvalue weighted by atomic mass is 19.1. The number of benzene rings is 1. The molecule has 2 aliphatic rings. The minimum atomic E-state index is -1.37. The zero-order valence-corrected chi connectivity index (χ0v) is 18.3. The molecule has 9 heteroatoms. The van der Waals surface area contributed by atoms with E-state index in [9.17, 15) is 18.8 Å². The number of nitrogens with zero attached hydrogens (tertiary/aromatic N) is 3. The van der Waals surface area contributed by atoms with Crippen LogP contribution >= 0.6 is 0 Å². The van der Waals surface area contributed by atoms with Gasteiger partial charge in [0.2, 0.25) is 5.91 Å². The van der Waals surface area contributed by atoms with Gasteiger partial charge in [-0.1, -0.05) is 25.3 Å². The number of halogens is 1. The maximum absolute atomic E-state index is 14.0. The molecule has 2 amide bonds. The van der Waals surface area contributed by atoms with Gasteiger partial charge in [-0.25, -0.2) is 9.18 Å². The predicted molar refractivity (Wildman–Crippen MR) is 115 cm³/mol. The summed E-state index contributed by atoms with van der Waals surface area (Å²) in [5, 5.41) is 7.32. The van der Waals surface area contributed by atoms with Crippen LogP contribution in [0.15, 0.2) is 30.3 Å². The first-order valence-corrected chi connectivity index (χ1v) is 11.0. The minimum Gasteiger partial charge on any atom is -0.461 e. The lowest BCUT2D eigenvalue weighted by molar-refractivity contribution is -0.127. The number of carbonyl (C=O) groups excluding carboxylic acids is 3. The third-order valence-electron chi connectivity index (χ3n) is 6.13. The zero-order valence-electron chi connectivity index (χ0n) is 18.3. The summed E-state index contributed by atoms with van der Waals surface area (Å²) in [4.78, 5) is 40.5. The first-order valence-electron chi connectivity index (χ1n) is 11.0. The number of ether oxygens (including phenoxy) is 1. The summed E-state index contributed by atoms with van der Waals surface area (Å²) in [7, 11) is 0.